The van der Waals surface area contributed by atoms with E-state index in [1.165, 1.54) is 6.07 Å². The first-order valence-electron chi connectivity index (χ1n) is 9.78. The first-order valence-corrected chi connectivity index (χ1v) is 9.78. The summed E-state index contributed by atoms with van der Waals surface area (Å²) in [5.74, 6) is -0.760. The quantitative estimate of drug-likeness (QED) is 0.801. The van der Waals surface area contributed by atoms with Gasteiger partial charge in [-0.05, 0) is 58.1 Å². The van der Waals surface area contributed by atoms with Gasteiger partial charge >= 0.3 is 6.09 Å². The van der Waals surface area contributed by atoms with Crippen LogP contribution in [0.5, 0.6) is 0 Å². The maximum Gasteiger partial charge on any atom is 0.410 e. The fraction of sp³-hybridized carbons (Fsp3) is 0.650. The molecule has 2 amide bonds. The molecule has 154 valence electrons. The Morgan fingerprint density at radius 2 is 2.04 bits per heavy atom. The van der Waals surface area contributed by atoms with Crippen LogP contribution in [0.25, 0.3) is 0 Å². The van der Waals surface area contributed by atoms with Crippen LogP contribution in [-0.4, -0.2) is 46.3 Å². The van der Waals surface area contributed by atoms with Crippen molar-refractivity contribution < 1.29 is 19.1 Å². The first-order chi connectivity index (χ1) is 13.1. The van der Waals surface area contributed by atoms with Crippen molar-refractivity contribution in [2.24, 2.45) is 5.73 Å². The highest BCUT2D eigenvalue weighted by Crippen LogP contribution is 2.33. The Hall–Kier alpha value is -2.35. The largest absolute Gasteiger partial charge is 0.444 e. The van der Waals surface area contributed by atoms with E-state index in [1.54, 1.807) is 15.7 Å². The van der Waals surface area contributed by atoms with Gasteiger partial charge in [-0.2, -0.15) is 0 Å². The average molecular weight is 391 g/mol. The van der Waals surface area contributed by atoms with Crippen molar-refractivity contribution in [2.45, 2.75) is 70.7 Å². The summed E-state index contributed by atoms with van der Waals surface area (Å²) in [4.78, 5) is 38.5. The Morgan fingerprint density at radius 1 is 1.32 bits per heavy atom. The zero-order valence-corrected chi connectivity index (χ0v) is 16.8. The number of amides is 2. The molecule has 1 aromatic rings. The number of primary amides is 1. The molecule has 1 unspecified atom stereocenters. The van der Waals surface area contributed by atoms with Gasteiger partial charge in [0.1, 0.15) is 11.2 Å². The summed E-state index contributed by atoms with van der Waals surface area (Å²) in [6.07, 6.45) is 4.86. The fourth-order valence-electron chi connectivity index (χ4n) is 3.33. The molecule has 3 rings (SSSR count). The van der Waals surface area contributed by atoms with Crippen LogP contribution < -0.4 is 11.3 Å². The number of pyridine rings is 1. The summed E-state index contributed by atoms with van der Waals surface area (Å²) in [5.41, 5.74) is 5.02. The van der Waals surface area contributed by atoms with Gasteiger partial charge in [-0.3, -0.25) is 9.59 Å². The molecule has 2 aliphatic rings. The lowest BCUT2D eigenvalue weighted by Gasteiger charge is -2.29. The minimum absolute atomic E-state index is 0.0440. The van der Waals surface area contributed by atoms with Crippen LogP contribution in [0, 0.1) is 0 Å². The molecule has 0 radical (unpaired) electrons. The lowest BCUT2D eigenvalue weighted by molar-refractivity contribution is 0.00855. The molecule has 8 heteroatoms. The number of hydrogen-bond donors (Lipinski definition) is 1. The van der Waals surface area contributed by atoms with Gasteiger partial charge in [-0.1, -0.05) is 0 Å². The van der Waals surface area contributed by atoms with Crippen LogP contribution in [0.15, 0.2) is 17.1 Å². The molecule has 1 aliphatic carbocycles. The van der Waals surface area contributed by atoms with Gasteiger partial charge in [-0.25, -0.2) is 4.79 Å². The maximum absolute atomic E-state index is 12.8. The van der Waals surface area contributed by atoms with Crippen LogP contribution in [0.2, 0.25) is 0 Å². The number of rotatable bonds is 6. The molecule has 1 aromatic heterocycles. The molecule has 1 saturated heterocycles. The predicted octanol–water partition coefficient (Wildman–Crippen LogP) is 2.20. The molecule has 2 heterocycles. The van der Waals surface area contributed by atoms with Crippen molar-refractivity contribution >= 4 is 12.0 Å². The van der Waals surface area contributed by atoms with Crippen molar-refractivity contribution in [3.8, 4) is 0 Å². The Kier molecular flexibility index (Phi) is 5.79. The molecule has 1 saturated carbocycles. The average Bonchev–Trinajstić information content (AvgIpc) is 3.30. The summed E-state index contributed by atoms with van der Waals surface area (Å²) in [7, 11) is 0. The Morgan fingerprint density at radius 3 is 2.57 bits per heavy atom. The van der Waals surface area contributed by atoms with E-state index in [0.29, 0.717) is 18.7 Å². The number of carbonyl (C=O) groups excluding carboxylic acids is 2. The van der Waals surface area contributed by atoms with Crippen LogP contribution in [0.4, 0.5) is 4.79 Å². The zero-order chi connectivity index (χ0) is 20.5. The summed E-state index contributed by atoms with van der Waals surface area (Å²) in [5, 5.41) is 0. The molecule has 8 nitrogen and oxygen atoms in total. The van der Waals surface area contributed by atoms with E-state index in [0.717, 1.165) is 25.7 Å². The Balaban J connectivity index is 1.87. The van der Waals surface area contributed by atoms with Crippen molar-refractivity contribution in [3.05, 3.63) is 33.7 Å². The zero-order valence-electron chi connectivity index (χ0n) is 16.8. The van der Waals surface area contributed by atoms with Crippen molar-refractivity contribution in [3.63, 3.8) is 0 Å². The van der Waals surface area contributed by atoms with Crippen LogP contribution >= 0.6 is 0 Å². The standard InChI is InChI=1S/C20H29N3O5/c1-20(2,3)28-19(26)22(12-15-5-4-8-27-15)10-13-9-16(17(21)24)18(25)23(11-13)14-6-7-14/h9,11,14-15H,4-8,10,12H2,1-3H3,(H2,21,24). The molecular formula is C20H29N3O5. The molecule has 0 bridgehead atoms. The van der Waals surface area contributed by atoms with Gasteiger partial charge < -0.3 is 24.7 Å². The highest BCUT2D eigenvalue weighted by atomic mass is 16.6. The molecule has 0 aromatic carbocycles. The second kappa shape index (κ2) is 7.95. The van der Waals surface area contributed by atoms with Crippen molar-refractivity contribution in [1.29, 1.82) is 0 Å². The second-order valence-electron chi connectivity index (χ2n) is 8.57. The second-order valence-corrected chi connectivity index (χ2v) is 8.57. The van der Waals surface area contributed by atoms with Crippen molar-refractivity contribution in [2.75, 3.05) is 13.2 Å². The number of carbonyl (C=O) groups is 2. The highest BCUT2D eigenvalue weighted by molar-refractivity contribution is 5.92. The lowest BCUT2D eigenvalue weighted by atomic mass is 10.1. The van der Waals surface area contributed by atoms with Crippen molar-refractivity contribution in [1.82, 2.24) is 9.47 Å². The Bertz CT molecular complexity index is 801. The van der Waals surface area contributed by atoms with E-state index < -0.39 is 17.6 Å². The number of nitrogens with zero attached hydrogens (tertiary/aromatic N) is 2. The SMILES string of the molecule is CC(C)(C)OC(=O)N(Cc1cc(C(N)=O)c(=O)n(C2CC2)c1)CC1CCCO1. The van der Waals surface area contributed by atoms with Crippen LogP contribution in [0.3, 0.4) is 0 Å². The number of nitrogens with two attached hydrogens (primary N) is 1. The number of ether oxygens (including phenoxy) is 2. The maximum atomic E-state index is 12.8. The van der Waals surface area contributed by atoms with E-state index in [2.05, 4.69) is 0 Å². The third kappa shape index (κ3) is 5.13. The normalized spacial score (nSPS) is 19.5. The fourth-order valence-corrected chi connectivity index (χ4v) is 3.33. The summed E-state index contributed by atoms with van der Waals surface area (Å²) >= 11 is 0. The molecular weight excluding hydrogens is 362 g/mol. The highest BCUT2D eigenvalue weighted by Gasteiger charge is 2.29. The van der Waals surface area contributed by atoms with E-state index in [-0.39, 0.29) is 29.8 Å². The number of aromatic nitrogens is 1. The van der Waals surface area contributed by atoms with Crippen LogP contribution in [0.1, 0.15) is 68.4 Å². The molecule has 0 spiro atoms. The van der Waals surface area contributed by atoms with Crippen LogP contribution in [-0.2, 0) is 16.0 Å². The minimum Gasteiger partial charge on any atom is -0.444 e. The smallest absolute Gasteiger partial charge is 0.410 e. The summed E-state index contributed by atoms with van der Waals surface area (Å²) in [6.45, 7) is 6.73. The van der Waals surface area contributed by atoms with E-state index in [4.69, 9.17) is 15.2 Å². The van der Waals surface area contributed by atoms with Gasteiger partial charge in [0.15, 0.2) is 0 Å². The Labute approximate surface area is 164 Å². The van der Waals surface area contributed by atoms with Gasteiger partial charge in [0.2, 0.25) is 0 Å². The van der Waals surface area contributed by atoms with E-state index in [1.807, 2.05) is 20.8 Å². The van der Waals surface area contributed by atoms with Gasteiger partial charge in [0.25, 0.3) is 11.5 Å². The first kappa shape index (κ1) is 20.4. The molecule has 1 aliphatic heterocycles. The van der Waals surface area contributed by atoms with E-state index in [9.17, 15) is 14.4 Å². The molecule has 2 fully saturated rings. The van der Waals surface area contributed by atoms with Gasteiger partial charge in [0.05, 0.1) is 19.2 Å². The van der Waals surface area contributed by atoms with Gasteiger partial charge in [0, 0.05) is 18.8 Å². The summed E-state index contributed by atoms with van der Waals surface area (Å²) in [6, 6.07) is 1.58. The molecule has 28 heavy (non-hydrogen) atoms. The monoisotopic (exact) mass is 391 g/mol. The third-order valence-electron chi connectivity index (χ3n) is 4.78. The predicted molar refractivity (Wildman–Crippen MR) is 103 cm³/mol. The third-order valence-corrected chi connectivity index (χ3v) is 4.78. The lowest BCUT2D eigenvalue weighted by Crippen LogP contribution is -2.41. The topological polar surface area (TPSA) is 104 Å². The summed E-state index contributed by atoms with van der Waals surface area (Å²) < 4.78 is 12.8. The molecule has 1 atom stereocenters. The van der Waals surface area contributed by atoms with Gasteiger partial charge in [-0.15, -0.1) is 0 Å². The number of hydrogen-bond acceptors (Lipinski definition) is 5. The minimum atomic E-state index is -0.760. The van der Waals surface area contributed by atoms with E-state index >= 15 is 0 Å². The molecule has 2 N–H and O–H groups in total.